The van der Waals surface area contributed by atoms with E-state index in [0.717, 1.165) is 16.9 Å². The van der Waals surface area contributed by atoms with E-state index in [9.17, 15) is 0 Å². The van der Waals surface area contributed by atoms with Gasteiger partial charge in [0.15, 0.2) is 0 Å². The van der Waals surface area contributed by atoms with Crippen molar-refractivity contribution in [1.29, 1.82) is 0 Å². The van der Waals surface area contributed by atoms with Crippen LogP contribution in [-0.4, -0.2) is 19.8 Å². The fraction of sp³-hybridized carbons (Fsp3) is 0.250. The molecule has 0 aliphatic heterocycles. The molecule has 0 saturated heterocycles. The summed E-state index contributed by atoms with van der Waals surface area (Å²) in [7, 11) is 1.66. The van der Waals surface area contributed by atoms with Crippen LogP contribution in [0.4, 0.5) is 0 Å². The maximum Gasteiger partial charge on any atom is 0.226 e. The van der Waals surface area contributed by atoms with E-state index in [1.165, 1.54) is 0 Å². The zero-order valence-electron chi connectivity index (χ0n) is 16.6. The first kappa shape index (κ1) is 21.2. The van der Waals surface area contributed by atoms with Crippen molar-refractivity contribution in [3.63, 3.8) is 0 Å². The Kier molecular flexibility index (Phi) is 7.94. The summed E-state index contributed by atoms with van der Waals surface area (Å²) < 4.78 is 23.1. The SMILES string of the molecule is COC(C)COC(Oc1ccc(OCc2cccc(Cl)c2)cc1)c1ccccc1. The van der Waals surface area contributed by atoms with Crippen LogP contribution in [0.1, 0.15) is 24.3 Å². The predicted octanol–water partition coefficient (Wildman–Crippen LogP) is 6.05. The van der Waals surface area contributed by atoms with E-state index < -0.39 is 6.29 Å². The Hall–Kier alpha value is -2.53. The Morgan fingerprint density at radius 1 is 0.862 bits per heavy atom. The highest BCUT2D eigenvalue weighted by atomic mass is 35.5. The van der Waals surface area contributed by atoms with Crippen molar-refractivity contribution in [2.75, 3.05) is 13.7 Å². The quantitative estimate of drug-likeness (QED) is 0.380. The molecule has 0 aromatic heterocycles. The van der Waals surface area contributed by atoms with Gasteiger partial charge in [-0.2, -0.15) is 0 Å². The molecule has 29 heavy (non-hydrogen) atoms. The molecule has 2 atom stereocenters. The van der Waals surface area contributed by atoms with Gasteiger partial charge in [-0.15, -0.1) is 0 Å². The normalized spacial score (nSPS) is 12.9. The number of methoxy groups -OCH3 is 1. The molecule has 0 fully saturated rings. The third kappa shape index (κ3) is 6.79. The molecule has 0 heterocycles. The van der Waals surface area contributed by atoms with Crippen LogP contribution >= 0.6 is 11.6 Å². The minimum atomic E-state index is -0.521. The lowest BCUT2D eigenvalue weighted by Gasteiger charge is -2.22. The Morgan fingerprint density at radius 3 is 2.28 bits per heavy atom. The molecule has 0 saturated carbocycles. The van der Waals surface area contributed by atoms with Gasteiger partial charge >= 0.3 is 0 Å². The van der Waals surface area contributed by atoms with Crippen LogP contribution in [0.2, 0.25) is 5.02 Å². The molecular weight excluding hydrogens is 388 g/mol. The first-order chi connectivity index (χ1) is 14.1. The third-order valence-corrected chi connectivity index (χ3v) is 4.55. The molecule has 0 aliphatic carbocycles. The van der Waals surface area contributed by atoms with Gasteiger partial charge in [0.1, 0.15) is 18.1 Å². The molecular formula is C24H25ClO4. The second-order valence-electron chi connectivity index (χ2n) is 6.63. The molecule has 2 unspecified atom stereocenters. The summed E-state index contributed by atoms with van der Waals surface area (Å²) in [5.74, 6) is 1.45. The summed E-state index contributed by atoms with van der Waals surface area (Å²) in [5, 5.41) is 0.699. The highest BCUT2D eigenvalue weighted by Crippen LogP contribution is 2.26. The Morgan fingerprint density at radius 2 is 1.59 bits per heavy atom. The fourth-order valence-electron chi connectivity index (χ4n) is 2.63. The van der Waals surface area contributed by atoms with E-state index in [-0.39, 0.29) is 6.10 Å². The maximum absolute atomic E-state index is 6.08. The summed E-state index contributed by atoms with van der Waals surface area (Å²) in [6, 6.07) is 24.9. The maximum atomic E-state index is 6.08. The average Bonchev–Trinajstić information content (AvgIpc) is 2.76. The van der Waals surface area contributed by atoms with E-state index in [1.54, 1.807) is 7.11 Å². The topological polar surface area (TPSA) is 36.9 Å². The van der Waals surface area contributed by atoms with E-state index in [4.69, 9.17) is 30.5 Å². The standard InChI is InChI=1S/C24H25ClO4/c1-18(26-2)16-28-24(20-8-4-3-5-9-20)29-23-13-11-22(12-14-23)27-17-19-7-6-10-21(25)15-19/h3-15,18,24H,16-17H2,1-2H3. The highest BCUT2D eigenvalue weighted by molar-refractivity contribution is 6.30. The second-order valence-corrected chi connectivity index (χ2v) is 7.07. The number of halogens is 1. The Balaban J connectivity index is 1.62. The lowest BCUT2D eigenvalue weighted by Crippen LogP contribution is -2.20. The van der Waals surface area contributed by atoms with Crippen LogP contribution in [0.5, 0.6) is 11.5 Å². The van der Waals surface area contributed by atoms with Crippen LogP contribution < -0.4 is 9.47 Å². The zero-order chi connectivity index (χ0) is 20.5. The van der Waals surface area contributed by atoms with Gasteiger partial charge in [-0.25, -0.2) is 0 Å². The van der Waals surface area contributed by atoms with Gasteiger partial charge in [-0.1, -0.05) is 54.1 Å². The van der Waals surface area contributed by atoms with Gasteiger partial charge in [-0.05, 0) is 48.9 Å². The van der Waals surface area contributed by atoms with Crippen LogP contribution in [0.3, 0.4) is 0 Å². The molecule has 4 nitrogen and oxygen atoms in total. The molecule has 0 aliphatic rings. The summed E-state index contributed by atoms with van der Waals surface area (Å²) in [6.07, 6.45) is -0.542. The lowest BCUT2D eigenvalue weighted by atomic mass is 10.2. The fourth-order valence-corrected chi connectivity index (χ4v) is 2.84. The summed E-state index contributed by atoms with van der Waals surface area (Å²) in [4.78, 5) is 0. The molecule has 0 N–H and O–H groups in total. The molecule has 0 amide bonds. The van der Waals surface area contributed by atoms with Gasteiger partial charge in [0.05, 0.1) is 12.7 Å². The smallest absolute Gasteiger partial charge is 0.226 e. The zero-order valence-corrected chi connectivity index (χ0v) is 17.3. The van der Waals surface area contributed by atoms with Crippen molar-refractivity contribution >= 4 is 11.6 Å². The first-order valence-electron chi connectivity index (χ1n) is 9.47. The predicted molar refractivity (Wildman–Crippen MR) is 114 cm³/mol. The molecule has 152 valence electrons. The average molecular weight is 413 g/mol. The van der Waals surface area contributed by atoms with Gasteiger partial charge < -0.3 is 18.9 Å². The van der Waals surface area contributed by atoms with Crippen molar-refractivity contribution in [1.82, 2.24) is 0 Å². The molecule has 0 bridgehead atoms. The summed E-state index contributed by atoms with van der Waals surface area (Å²) in [5.41, 5.74) is 1.96. The van der Waals surface area contributed by atoms with Crippen molar-refractivity contribution in [3.8, 4) is 11.5 Å². The van der Waals surface area contributed by atoms with Crippen LogP contribution in [0.25, 0.3) is 0 Å². The number of benzene rings is 3. The molecule has 3 rings (SSSR count). The lowest BCUT2D eigenvalue weighted by molar-refractivity contribution is -0.111. The highest BCUT2D eigenvalue weighted by Gasteiger charge is 2.15. The minimum absolute atomic E-state index is 0.0212. The Labute approximate surface area is 176 Å². The third-order valence-electron chi connectivity index (χ3n) is 4.32. The van der Waals surface area contributed by atoms with Crippen LogP contribution in [0, 0.1) is 0 Å². The monoisotopic (exact) mass is 412 g/mol. The molecule has 3 aromatic rings. The van der Waals surface area contributed by atoms with Crippen molar-refractivity contribution in [2.24, 2.45) is 0 Å². The van der Waals surface area contributed by atoms with E-state index in [2.05, 4.69) is 0 Å². The van der Waals surface area contributed by atoms with E-state index in [1.807, 2.05) is 85.8 Å². The Bertz CT molecular complexity index is 868. The van der Waals surface area contributed by atoms with E-state index in [0.29, 0.717) is 24.0 Å². The molecule has 0 spiro atoms. The summed E-state index contributed by atoms with van der Waals surface area (Å²) >= 11 is 6.01. The van der Waals surface area contributed by atoms with Crippen molar-refractivity contribution < 1.29 is 18.9 Å². The van der Waals surface area contributed by atoms with Crippen LogP contribution in [-0.2, 0) is 16.1 Å². The number of rotatable bonds is 10. The van der Waals surface area contributed by atoms with Crippen LogP contribution in [0.15, 0.2) is 78.9 Å². The molecule has 5 heteroatoms. The minimum Gasteiger partial charge on any atom is -0.489 e. The van der Waals surface area contributed by atoms with Gasteiger partial charge in [0.25, 0.3) is 0 Å². The molecule has 0 radical (unpaired) electrons. The van der Waals surface area contributed by atoms with E-state index >= 15 is 0 Å². The van der Waals surface area contributed by atoms with Crippen molar-refractivity contribution in [2.45, 2.75) is 25.9 Å². The summed E-state index contributed by atoms with van der Waals surface area (Å²) in [6.45, 7) is 2.83. The second kappa shape index (κ2) is 10.9. The number of hydrogen-bond acceptors (Lipinski definition) is 4. The van der Waals surface area contributed by atoms with Gasteiger partial charge in [0, 0.05) is 17.7 Å². The van der Waals surface area contributed by atoms with Crippen molar-refractivity contribution in [3.05, 3.63) is 95.0 Å². The largest absolute Gasteiger partial charge is 0.489 e. The first-order valence-corrected chi connectivity index (χ1v) is 9.85. The van der Waals surface area contributed by atoms with Gasteiger partial charge in [-0.3, -0.25) is 0 Å². The molecule has 3 aromatic carbocycles. The number of hydrogen-bond donors (Lipinski definition) is 0. The van der Waals surface area contributed by atoms with Gasteiger partial charge in [0.2, 0.25) is 6.29 Å². The number of ether oxygens (including phenoxy) is 4.